The largest absolute Gasteiger partial charge is 0.395 e. The van der Waals surface area contributed by atoms with Gasteiger partial charge in [0.1, 0.15) is 0 Å². The third kappa shape index (κ3) is 1.40. The van der Waals surface area contributed by atoms with Crippen molar-refractivity contribution < 1.29 is 5.11 Å². The highest BCUT2D eigenvalue weighted by molar-refractivity contribution is 5.80. The Morgan fingerprint density at radius 2 is 2.29 bits per heavy atom. The smallest absolute Gasteiger partial charge is 0.260 e. The average molecular weight is 190 g/mol. The highest BCUT2D eigenvalue weighted by Crippen LogP contribution is 2.05. The van der Waals surface area contributed by atoms with E-state index >= 15 is 0 Å². The summed E-state index contributed by atoms with van der Waals surface area (Å²) < 4.78 is 1.48. The quantitative estimate of drug-likeness (QED) is 0.745. The first-order valence-electron chi connectivity index (χ1n) is 4.37. The minimum atomic E-state index is -0.107. The molecule has 0 saturated carbocycles. The van der Waals surface area contributed by atoms with Crippen LogP contribution in [-0.2, 0) is 6.54 Å². The van der Waals surface area contributed by atoms with E-state index in [4.69, 9.17) is 5.11 Å². The van der Waals surface area contributed by atoms with Crippen molar-refractivity contribution in [3.8, 4) is 0 Å². The molecule has 2 rings (SSSR count). The first kappa shape index (κ1) is 8.90. The highest BCUT2D eigenvalue weighted by Gasteiger charge is 2.00. The van der Waals surface area contributed by atoms with Gasteiger partial charge in [-0.1, -0.05) is 0 Å². The van der Waals surface area contributed by atoms with E-state index in [1.807, 2.05) is 6.07 Å². The van der Waals surface area contributed by atoms with Crippen molar-refractivity contribution in [2.24, 2.45) is 0 Å². The molecule has 4 nitrogen and oxygen atoms in total. The fraction of sp³-hybridized carbons (Fsp3) is 0.200. The number of hydrogen-bond acceptors (Lipinski definition) is 3. The number of rotatable bonds is 2. The van der Waals surface area contributed by atoms with Gasteiger partial charge >= 0.3 is 0 Å². The number of aliphatic hydroxyl groups is 1. The topological polar surface area (TPSA) is 55.1 Å². The Kier molecular flexibility index (Phi) is 2.28. The summed E-state index contributed by atoms with van der Waals surface area (Å²) >= 11 is 0. The molecular weight excluding hydrogens is 180 g/mol. The van der Waals surface area contributed by atoms with Crippen LogP contribution in [0, 0.1) is 0 Å². The highest BCUT2D eigenvalue weighted by atomic mass is 16.3. The number of aliphatic hydroxyl groups excluding tert-OH is 1. The van der Waals surface area contributed by atoms with Crippen LogP contribution in [-0.4, -0.2) is 21.3 Å². The van der Waals surface area contributed by atoms with E-state index in [0.29, 0.717) is 11.9 Å². The van der Waals surface area contributed by atoms with Crippen molar-refractivity contribution in [3.63, 3.8) is 0 Å². The van der Waals surface area contributed by atoms with Gasteiger partial charge in [-0.25, -0.2) is 0 Å². The van der Waals surface area contributed by atoms with Gasteiger partial charge in [0, 0.05) is 25.1 Å². The summed E-state index contributed by atoms with van der Waals surface area (Å²) in [6, 6.07) is 3.63. The lowest BCUT2D eigenvalue weighted by atomic mass is 10.2. The van der Waals surface area contributed by atoms with Crippen molar-refractivity contribution in [1.82, 2.24) is 9.55 Å². The maximum absolute atomic E-state index is 11.7. The molecule has 2 aromatic rings. The Balaban J connectivity index is 2.69. The van der Waals surface area contributed by atoms with Gasteiger partial charge in [0.2, 0.25) is 0 Å². The van der Waals surface area contributed by atoms with Crippen molar-refractivity contribution in [2.75, 3.05) is 6.61 Å². The van der Waals surface area contributed by atoms with Gasteiger partial charge in [-0.05, 0) is 17.5 Å². The van der Waals surface area contributed by atoms with E-state index in [9.17, 15) is 4.79 Å². The molecule has 0 unspecified atom stereocenters. The van der Waals surface area contributed by atoms with Crippen LogP contribution in [0.5, 0.6) is 0 Å². The Morgan fingerprint density at radius 3 is 3.07 bits per heavy atom. The first-order chi connectivity index (χ1) is 6.83. The number of hydrogen-bond donors (Lipinski definition) is 1. The maximum atomic E-state index is 11.7. The van der Waals surface area contributed by atoms with E-state index in [-0.39, 0.29) is 12.2 Å². The van der Waals surface area contributed by atoms with Crippen LogP contribution >= 0.6 is 0 Å². The van der Waals surface area contributed by atoms with Crippen LogP contribution < -0.4 is 5.56 Å². The van der Waals surface area contributed by atoms with Crippen LogP contribution in [0.25, 0.3) is 10.8 Å². The fourth-order valence-electron chi connectivity index (χ4n) is 1.41. The number of aromatic nitrogens is 2. The molecule has 0 aliphatic rings. The molecule has 14 heavy (non-hydrogen) atoms. The summed E-state index contributed by atoms with van der Waals surface area (Å²) in [6.45, 7) is 0.287. The lowest BCUT2D eigenvalue weighted by Crippen LogP contribution is -2.21. The molecule has 0 spiro atoms. The number of pyridine rings is 2. The molecule has 0 fully saturated rings. The molecule has 0 bridgehead atoms. The predicted octanol–water partition coefficient (Wildman–Crippen LogP) is 0.389. The lowest BCUT2D eigenvalue weighted by molar-refractivity contribution is 0.274. The second kappa shape index (κ2) is 3.59. The maximum Gasteiger partial charge on any atom is 0.260 e. The third-order valence-corrected chi connectivity index (χ3v) is 2.12. The molecule has 4 heteroatoms. The predicted molar refractivity (Wildman–Crippen MR) is 53.1 cm³/mol. The summed E-state index contributed by atoms with van der Waals surface area (Å²) in [5, 5.41) is 10.2. The summed E-state index contributed by atoms with van der Waals surface area (Å²) in [7, 11) is 0. The van der Waals surface area contributed by atoms with Crippen molar-refractivity contribution in [3.05, 3.63) is 41.1 Å². The van der Waals surface area contributed by atoms with Gasteiger partial charge in [-0.15, -0.1) is 0 Å². The minimum absolute atomic E-state index is 0.0360. The summed E-state index contributed by atoms with van der Waals surface area (Å²) in [5.74, 6) is 0. The third-order valence-electron chi connectivity index (χ3n) is 2.12. The van der Waals surface area contributed by atoms with Crippen LogP contribution in [0.15, 0.2) is 35.5 Å². The van der Waals surface area contributed by atoms with Gasteiger partial charge in [0.05, 0.1) is 12.0 Å². The molecule has 2 heterocycles. The van der Waals surface area contributed by atoms with Crippen molar-refractivity contribution in [2.45, 2.75) is 6.54 Å². The Bertz CT molecular complexity index is 505. The summed E-state index contributed by atoms with van der Waals surface area (Å²) in [4.78, 5) is 15.6. The molecule has 0 saturated heterocycles. The fourth-order valence-corrected chi connectivity index (χ4v) is 1.41. The van der Waals surface area contributed by atoms with Crippen LogP contribution in [0.2, 0.25) is 0 Å². The van der Waals surface area contributed by atoms with Gasteiger partial charge in [-0.2, -0.15) is 0 Å². The molecule has 0 aromatic carbocycles. The SMILES string of the molecule is O=c1c2cnccc2ccn1CCO. The van der Waals surface area contributed by atoms with Gasteiger partial charge in [0.25, 0.3) is 5.56 Å². The van der Waals surface area contributed by atoms with Gasteiger partial charge in [-0.3, -0.25) is 9.78 Å². The summed E-state index contributed by atoms with van der Waals surface area (Å²) in [5.41, 5.74) is -0.107. The lowest BCUT2D eigenvalue weighted by Gasteiger charge is -2.03. The zero-order valence-electron chi connectivity index (χ0n) is 7.55. The number of fused-ring (bicyclic) bond motifs is 1. The van der Waals surface area contributed by atoms with E-state index in [2.05, 4.69) is 4.98 Å². The standard InChI is InChI=1S/C10H10N2O2/c13-6-5-12-4-2-8-1-3-11-7-9(8)10(12)14/h1-4,7,13H,5-6H2. The van der Waals surface area contributed by atoms with Crippen LogP contribution in [0.1, 0.15) is 0 Å². The molecule has 0 aliphatic heterocycles. The first-order valence-corrected chi connectivity index (χ1v) is 4.37. The van der Waals surface area contributed by atoms with Crippen molar-refractivity contribution in [1.29, 1.82) is 0 Å². The normalized spacial score (nSPS) is 10.6. The average Bonchev–Trinajstić information content (AvgIpc) is 2.23. The molecule has 0 radical (unpaired) electrons. The molecular formula is C10H10N2O2. The second-order valence-electron chi connectivity index (χ2n) is 3.00. The van der Waals surface area contributed by atoms with Crippen LogP contribution in [0.4, 0.5) is 0 Å². The minimum Gasteiger partial charge on any atom is -0.395 e. The molecule has 0 amide bonds. The molecule has 1 N–H and O–H groups in total. The van der Waals surface area contributed by atoms with E-state index in [1.165, 1.54) is 4.57 Å². The van der Waals surface area contributed by atoms with E-state index in [0.717, 1.165) is 5.39 Å². The monoisotopic (exact) mass is 190 g/mol. The molecule has 72 valence electrons. The Hall–Kier alpha value is -1.68. The van der Waals surface area contributed by atoms with Gasteiger partial charge in [0.15, 0.2) is 0 Å². The van der Waals surface area contributed by atoms with E-state index < -0.39 is 0 Å². The summed E-state index contributed by atoms with van der Waals surface area (Å²) in [6.07, 6.45) is 4.88. The second-order valence-corrected chi connectivity index (χ2v) is 3.00. The Labute approximate surface area is 80.4 Å². The molecule has 2 aromatic heterocycles. The molecule has 0 atom stereocenters. The Morgan fingerprint density at radius 1 is 1.43 bits per heavy atom. The number of nitrogens with zero attached hydrogens (tertiary/aromatic N) is 2. The zero-order chi connectivity index (χ0) is 9.97. The van der Waals surface area contributed by atoms with E-state index in [1.54, 1.807) is 24.7 Å². The zero-order valence-corrected chi connectivity index (χ0v) is 7.55. The van der Waals surface area contributed by atoms with Gasteiger partial charge < -0.3 is 9.67 Å². The van der Waals surface area contributed by atoms with Crippen molar-refractivity contribution >= 4 is 10.8 Å². The van der Waals surface area contributed by atoms with Crippen LogP contribution in [0.3, 0.4) is 0 Å². The molecule has 0 aliphatic carbocycles.